The van der Waals surface area contributed by atoms with Crippen LogP contribution in [0.1, 0.15) is 53.3 Å². The maximum atomic E-state index is 12.8. The molecule has 5 rings (SSSR count). The second-order valence-corrected chi connectivity index (χ2v) is 11.2. The predicted octanol–water partition coefficient (Wildman–Crippen LogP) is 7.23. The molecule has 7 heteroatoms. The minimum atomic E-state index is -0.645. The Morgan fingerprint density at radius 3 is 2.17 bits per heavy atom. The molecule has 216 valence electrons. The van der Waals surface area contributed by atoms with E-state index in [1.807, 2.05) is 99.8 Å². The van der Waals surface area contributed by atoms with Gasteiger partial charge in [0, 0.05) is 62.3 Å². The van der Waals surface area contributed by atoms with Gasteiger partial charge in [0.15, 0.2) is 0 Å². The normalized spacial score (nSPS) is 12.6. The van der Waals surface area contributed by atoms with Gasteiger partial charge in [-0.15, -0.1) is 0 Å². The number of hydrogen-bond donors (Lipinski definition) is 3. The van der Waals surface area contributed by atoms with Gasteiger partial charge >= 0.3 is 0 Å². The number of rotatable bonds is 10. The van der Waals surface area contributed by atoms with E-state index in [4.69, 9.17) is 4.98 Å². The molecule has 2 atom stereocenters. The third-order valence-electron chi connectivity index (χ3n) is 7.71. The van der Waals surface area contributed by atoms with Crippen LogP contribution in [0.2, 0.25) is 0 Å². The molecule has 1 amide bonds. The number of carbonyl (C=O) groups is 1. The van der Waals surface area contributed by atoms with E-state index in [2.05, 4.69) is 46.4 Å². The summed E-state index contributed by atoms with van der Waals surface area (Å²) >= 11 is 0. The Hall–Kier alpha value is -4.62. The number of H-pyrrole nitrogens is 1. The highest BCUT2D eigenvalue weighted by Crippen LogP contribution is 2.36. The number of aromatic nitrogens is 2. The number of imidazole rings is 1. The van der Waals surface area contributed by atoms with Gasteiger partial charge < -0.3 is 25.2 Å². The third-order valence-corrected chi connectivity index (χ3v) is 7.71. The summed E-state index contributed by atoms with van der Waals surface area (Å²) in [5.41, 5.74) is 7.96. The Balaban J connectivity index is 1.35. The Kier molecular flexibility index (Phi) is 8.59. The predicted molar refractivity (Wildman–Crippen MR) is 174 cm³/mol. The molecule has 42 heavy (non-hydrogen) atoms. The summed E-state index contributed by atoms with van der Waals surface area (Å²) in [6.07, 6.45) is 1.21. The van der Waals surface area contributed by atoms with Crippen LogP contribution in [0.5, 0.6) is 0 Å². The average molecular weight is 562 g/mol. The number of carbonyl (C=O) groups excluding carboxylic acids is 1. The lowest BCUT2D eigenvalue weighted by molar-refractivity contribution is 0.102. The van der Waals surface area contributed by atoms with Crippen molar-refractivity contribution in [3.05, 3.63) is 108 Å². The maximum absolute atomic E-state index is 12.8. The third kappa shape index (κ3) is 6.31. The van der Waals surface area contributed by atoms with Gasteiger partial charge in [-0.05, 0) is 78.2 Å². The van der Waals surface area contributed by atoms with Crippen molar-refractivity contribution in [2.24, 2.45) is 0 Å². The molecular formula is C35H39N5O2. The molecule has 0 saturated heterocycles. The Labute approximate surface area is 247 Å². The molecule has 7 nitrogen and oxygen atoms in total. The van der Waals surface area contributed by atoms with Crippen LogP contribution in [-0.2, 0) is 0 Å². The van der Waals surface area contributed by atoms with Crippen molar-refractivity contribution in [3.8, 4) is 11.4 Å². The van der Waals surface area contributed by atoms with Crippen molar-refractivity contribution in [2.45, 2.75) is 31.8 Å². The molecular weight excluding hydrogens is 522 g/mol. The molecule has 1 heterocycles. The second kappa shape index (κ2) is 12.5. The molecule has 0 radical (unpaired) electrons. The number of nitrogens with one attached hydrogen (secondary N) is 2. The highest BCUT2D eigenvalue weighted by molar-refractivity contribution is 6.05. The maximum Gasteiger partial charge on any atom is 0.255 e. The van der Waals surface area contributed by atoms with E-state index in [0.29, 0.717) is 17.1 Å². The van der Waals surface area contributed by atoms with E-state index in [1.54, 1.807) is 0 Å². The first-order valence-electron chi connectivity index (χ1n) is 14.4. The van der Waals surface area contributed by atoms with E-state index in [9.17, 15) is 9.90 Å². The number of aliphatic hydroxyl groups excluding tert-OH is 1. The number of fused-ring (bicyclic) bond motifs is 1. The number of amides is 1. The SMILES string of the molecule is CCCC(c1ccc(N(C)C)cc1)C(O)c1cccc(-c2nc3ccc(NC(=O)c4ccc(N(C)C)cc4)cc3[nH]2)c1. The minimum Gasteiger partial charge on any atom is -0.388 e. The fourth-order valence-corrected chi connectivity index (χ4v) is 5.28. The van der Waals surface area contributed by atoms with Crippen LogP contribution < -0.4 is 15.1 Å². The molecule has 5 aromatic rings. The smallest absolute Gasteiger partial charge is 0.255 e. The van der Waals surface area contributed by atoms with Crippen molar-refractivity contribution in [1.82, 2.24) is 9.97 Å². The lowest BCUT2D eigenvalue weighted by atomic mass is 9.85. The van der Waals surface area contributed by atoms with Crippen LogP contribution in [0.4, 0.5) is 17.1 Å². The molecule has 0 aliphatic heterocycles. The first-order chi connectivity index (χ1) is 20.2. The van der Waals surface area contributed by atoms with Gasteiger partial charge in [-0.25, -0.2) is 4.98 Å². The van der Waals surface area contributed by atoms with E-state index in [1.165, 1.54) is 0 Å². The number of benzene rings is 4. The van der Waals surface area contributed by atoms with Gasteiger partial charge in [-0.3, -0.25) is 4.79 Å². The van der Waals surface area contributed by atoms with Gasteiger partial charge in [0.1, 0.15) is 5.82 Å². The number of aromatic amines is 1. The highest BCUT2D eigenvalue weighted by atomic mass is 16.3. The summed E-state index contributed by atoms with van der Waals surface area (Å²) in [5.74, 6) is 0.533. The van der Waals surface area contributed by atoms with Crippen LogP contribution in [0, 0.1) is 0 Å². The molecule has 4 aromatic carbocycles. The first kappa shape index (κ1) is 28.9. The van der Waals surface area contributed by atoms with E-state index in [0.717, 1.165) is 51.9 Å². The van der Waals surface area contributed by atoms with Gasteiger partial charge in [0.05, 0.1) is 17.1 Å². The van der Waals surface area contributed by atoms with Crippen LogP contribution in [0.3, 0.4) is 0 Å². The fourth-order valence-electron chi connectivity index (χ4n) is 5.28. The Bertz CT molecular complexity index is 1660. The topological polar surface area (TPSA) is 84.5 Å². The molecule has 0 spiro atoms. The number of nitrogens with zero attached hydrogens (tertiary/aromatic N) is 3. The van der Waals surface area contributed by atoms with Crippen LogP contribution in [-0.4, -0.2) is 49.2 Å². The number of aliphatic hydroxyl groups is 1. The summed E-state index contributed by atoms with van der Waals surface area (Å²) in [6.45, 7) is 2.15. The van der Waals surface area contributed by atoms with Crippen molar-refractivity contribution in [2.75, 3.05) is 43.3 Å². The molecule has 0 aliphatic carbocycles. The first-order valence-corrected chi connectivity index (χ1v) is 14.4. The summed E-state index contributed by atoms with van der Waals surface area (Å²) < 4.78 is 0. The molecule has 2 unspecified atom stereocenters. The zero-order valence-electron chi connectivity index (χ0n) is 24.9. The van der Waals surface area contributed by atoms with Crippen molar-refractivity contribution in [3.63, 3.8) is 0 Å². The molecule has 0 bridgehead atoms. The van der Waals surface area contributed by atoms with Gasteiger partial charge in [0.2, 0.25) is 0 Å². The lowest BCUT2D eigenvalue weighted by Crippen LogP contribution is -2.13. The molecule has 0 saturated carbocycles. The van der Waals surface area contributed by atoms with Crippen LogP contribution in [0.25, 0.3) is 22.4 Å². The molecule has 3 N–H and O–H groups in total. The van der Waals surface area contributed by atoms with Gasteiger partial charge in [0.25, 0.3) is 5.91 Å². The van der Waals surface area contributed by atoms with Gasteiger partial charge in [-0.1, -0.05) is 43.7 Å². The van der Waals surface area contributed by atoms with Gasteiger partial charge in [-0.2, -0.15) is 0 Å². The summed E-state index contributed by atoms with van der Waals surface area (Å²) in [6, 6.07) is 29.5. The number of anilines is 3. The van der Waals surface area contributed by atoms with Crippen LogP contribution >= 0.6 is 0 Å². The zero-order chi connectivity index (χ0) is 29.8. The quantitative estimate of drug-likeness (QED) is 0.168. The average Bonchev–Trinajstić information content (AvgIpc) is 3.43. The minimum absolute atomic E-state index is 0.0117. The standard InChI is InChI=1S/C35H39N5O2/c1-6-8-30(23-11-16-28(17-12-23)39(2)3)33(41)25-9-7-10-26(21-25)34-37-31-20-15-27(22-32(31)38-34)36-35(42)24-13-18-29(19-14-24)40(4)5/h7,9-22,30,33,41H,6,8H2,1-5H3,(H,36,42)(H,37,38). The van der Waals surface area contributed by atoms with Crippen molar-refractivity contribution in [1.29, 1.82) is 0 Å². The molecule has 0 aliphatic rings. The largest absolute Gasteiger partial charge is 0.388 e. The second-order valence-electron chi connectivity index (χ2n) is 11.2. The summed E-state index contributed by atoms with van der Waals surface area (Å²) in [7, 11) is 7.99. The fraction of sp³-hybridized carbons (Fsp3) is 0.257. The van der Waals surface area contributed by atoms with Crippen molar-refractivity contribution >= 4 is 34.0 Å². The van der Waals surface area contributed by atoms with Crippen LogP contribution in [0.15, 0.2) is 91.0 Å². The highest BCUT2D eigenvalue weighted by Gasteiger charge is 2.23. The zero-order valence-corrected chi connectivity index (χ0v) is 24.9. The monoisotopic (exact) mass is 561 g/mol. The Morgan fingerprint density at radius 2 is 1.52 bits per heavy atom. The molecule has 0 fully saturated rings. The van der Waals surface area contributed by atoms with E-state index in [-0.39, 0.29) is 11.8 Å². The van der Waals surface area contributed by atoms with E-state index >= 15 is 0 Å². The molecule has 1 aromatic heterocycles. The Morgan fingerprint density at radius 1 is 0.857 bits per heavy atom. The summed E-state index contributed by atoms with van der Waals surface area (Å²) in [5, 5.41) is 14.5. The van der Waals surface area contributed by atoms with E-state index < -0.39 is 6.10 Å². The van der Waals surface area contributed by atoms with Crippen molar-refractivity contribution < 1.29 is 9.90 Å². The lowest BCUT2D eigenvalue weighted by Gasteiger charge is -2.24. The summed E-state index contributed by atoms with van der Waals surface area (Å²) in [4.78, 5) is 25.1. The number of hydrogen-bond acceptors (Lipinski definition) is 5.